The van der Waals surface area contributed by atoms with Gasteiger partial charge in [0.15, 0.2) is 0 Å². The van der Waals surface area contributed by atoms with E-state index in [0.29, 0.717) is 12.6 Å². The Morgan fingerprint density at radius 3 is 2.21 bits per heavy atom. The Morgan fingerprint density at radius 2 is 1.57 bits per heavy atom. The SMILES string of the molecule is O=C1N(c2ccccc2)CC2(CCC(NCc3ccccc3)CC2)OC12CC2. The van der Waals surface area contributed by atoms with Crippen LogP contribution in [-0.2, 0) is 16.1 Å². The fourth-order valence-corrected chi connectivity index (χ4v) is 4.81. The summed E-state index contributed by atoms with van der Waals surface area (Å²) >= 11 is 0. The molecule has 2 aromatic carbocycles. The van der Waals surface area contributed by atoms with Crippen molar-refractivity contribution < 1.29 is 9.53 Å². The number of morpholine rings is 1. The van der Waals surface area contributed by atoms with Crippen molar-refractivity contribution in [1.82, 2.24) is 5.32 Å². The van der Waals surface area contributed by atoms with E-state index >= 15 is 0 Å². The summed E-state index contributed by atoms with van der Waals surface area (Å²) < 4.78 is 6.57. The molecule has 5 rings (SSSR count). The molecule has 1 N–H and O–H groups in total. The third kappa shape index (κ3) is 3.36. The molecular weight excluding hydrogens is 348 g/mol. The lowest BCUT2D eigenvalue weighted by Gasteiger charge is -2.49. The summed E-state index contributed by atoms with van der Waals surface area (Å²) in [5.74, 6) is 0.161. The van der Waals surface area contributed by atoms with Gasteiger partial charge in [0, 0.05) is 18.3 Å². The van der Waals surface area contributed by atoms with Crippen LogP contribution in [0.3, 0.4) is 0 Å². The highest BCUT2D eigenvalue weighted by atomic mass is 16.5. The minimum absolute atomic E-state index is 0.161. The molecule has 2 spiro atoms. The summed E-state index contributed by atoms with van der Waals surface area (Å²) in [6.07, 6.45) is 5.95. The van der Waals surface area contributed by atoms with Crippen molar-refractivity contribution in [3.63, 3.8) is 0 Å². The van der Waals surface area contributed by atoms with E-state index in [1.165, 1.54) is 5.56 Å². The molecule has 1 heterocycles. The summed E-state index contributed by atoms with van der Waals surface area (Å²) in [6.45, 7) is 1.60. The van der Waals surface area contributed by atoms with Gasteiger partial charge in [0.2, 0.25) is 0 Å². The zero-order valence-electron chi connectivity index (χ0n) is 16.3. The monoisotopic (exact) mass is 376 g/mol. The minimum atomic E-state index is -0.543. The Hall–Kier alpha value is -2.17. The second kappa shape index (κ2) is 7.02. The summed E-state index contributed by atoms with van der Waals surface area (Å²) in [5.41, 5.74) is 1.60. The van der Waals surface area contributed by atoms with E-state index in [2.05, 4.69) is 35.6 Å². The van der Waals surface area contributed by atoms with Gasteiger partial charge in [-0.1, -0.05) is 48.5 Å². The lowest BCUT2D eigenvalue weighted by Crippen LogP contribution is -2.62. The highest BCUT2D eigenvalue weighted by molar-refractivity contribution is 6.02. The topological polar surface area (TPSA) is 41.6 Å². The molecule has 1 amide bonds. The molecule has 1 saturated heterocycles. The van der Waals surface area contributed by atoms with E-state index in [1.807, 2.05) is 35.2 Å². The number of hydrogen-bond donors (Lipinski definition) is 1. The first-order valence-corrected chi connectivity index (χ1v) is 10.5. The lowest BCUT2D eigenvalue weighted by atomic mass is 9.80. The van der Waals surface area contributed by atoms with Gasteiger partial charge in [-0.05, 0) is 56.2 Å². The van der Waals surface area contributed by atoms with Crippen LogP contribution in [0.4, 0.5) is 5.69 Å². The number of rotatable bonds is 4. The maximum absolute atomic E-state index is 13.0. The molecule has 0 aromatic heterocycles. The van der Waals surface area contributed by atoms with Gasteiger partial charge in [-0.3, -0.25) is 4.79 Å². The van der Waals surface area contributed by atoms with Crippen molar-refractivity contribution >= 4 is 11.6 Å². The van der Waals surface area contributed by atoms with E-state index < -0.39 is 5.60 Å². The predicted octanol–water partition coefficient (Wildman–Crippen LogP) is 4.05. The summed E-state index contributed by atoms with van der Waals surface area (Å²) in [5, 5.41) is 3.71. The Bertz CT molecular complexity index is 824. The van der Waals surface area contributed by atoms with Crippen LogP contribution in [0, 0.1) is 0 Å². The maximum atomic E-state index is 13.0. The molecule has 2 aliphatic carbocycles. The first kappa shape index (κ1) is 17.9. The molecule has 0 bridgehead atoms. The minimum Gasteiger partial charge on any atom is -0.357 e. The quantitative estimate of drug-likeness (QED) is 0.875. The van der Waals surface area contributed by atoms with Crippen LogP contribution in [0.25, 0.3) is 0 Å². The largest absolute Gasteiger partial charge is 0.357 e. The molecule has 2 saturated carbocycles. The normalized spacial score (nSPS) is 28.6. The number of nitrogens with zero attached hydrogens (tertiary/aromatic N) is 1. The van der Waals surface area contributed by atoms with E-state index in [1.54, 1.807) is 0 Å². The van der Waals surface area contributed by atoms with Crippen LogP contribution in [0.2, 0.25) is 0 Å². The zero-order chi connectivity index (χ0) is 19.0. The zero-order valence-corrected chi connectivity index (χ0v) is 16.3. The number of benzene rings is 2. The van der Waals surface area contributed by atoms with E-state index in [0.717, 1.165) is 50.8 Å². The van der Waals surface area contributed by atoms with Crippen molar-refractivity contribution in [3.05, 3.63) is 66.2 Å². The van der Waals surface area contributed by atoms with Crippen LogP contribution in [0.5, 0.6) is 0 Å². The first-order valence-electron chi connectivity index (χ1n) is 10.5. The van der Waals surface area contributed by atoms with Gasteiger partial charge in [-0.15, -0.1) is 0 Å². The Morgan fingerprint density at radius 1 is 0.929 bits per heavy atom. The first-order chi connectivity index (χ1) is 13.7. The van der Waals surface area contributed by atoms with Gasteiger partial charge in [0.25, 0.3) is 5.91 Å². The molecule has 3 aliphatic rings. The van der Waals surface area contributed by atoms with Crippen molar-refractivity contribution in [1.29, 1.82) is 0 Å². The molecular formula is C24H28N2O2. The number of para-hydroxylation sites is 1. The molecule has 146 valence electrons. The number of hydrogen-bond acceptors (Lipinski definition) is 3. The second-order valence-electron chi connectivity index (χ2n) is 8.65. The van der Waals surface area contributed by atoms with Gasteiger partial charge in [0.1, 0.15) is 5.60 Å². The fourth-order valence-electron chi connectivity index (χ4n) is 4.81. The lowest BCUT2D eigenvalue weighted by molar-refractivity contribution is -0.169. The molecule has 28 heavy (non-hydrogen) atoms. The summed E-state index contributed by atoms with van der Waals surface area (Å²) in [6, 6.07) is 21.2. The van der Waals surface area contributed by atoms with Crippen LogP contribution in [0.15, 0.2) is 60.7 Å². The van der Waals surface area contributed by atoms with Crippen LogP contribution >= 0.6 is 0 Å². The van der Waals surface area contributed by atoms with Crippen LogP contribution in [0.1, 0.15) is 44.1 Å². The summed E-state index contributed by atoms with van der Waals surface area (Å²) in [7, 11) is 0. The number of nitrogens with one attached hydrogen (secondary N) is 1. The molecule has 4 heteroatoms. The number of carbonyl (C=O) groups is 1. The van der Waals surface area contributed by atoms with Crippen LogP contribution < -0.4 is 10.2 Å². The second-order valence-corrected chi connectivity index (χ2v) is 8.65. The fraction of sp³-hybridized carbons (Fsp3) is 0.458. The number of ether oxygens (including phenoxy) is 1. The van der Waals surface area contributed by atoms with E-state index in [4.69, 9.17) is 4.74 Å². The third-order valence-corrected chi connectivity index (χ3v) is 6.60. The van der Waals surface area contributed by atoms with Gasteiger partial charge in [-0.25, -0.2) is 0 Å². The van der Waals surface area contributed by atoms with Crippen molar-refractivity contribution in [2.75, 3.05) is 11.4 Å². The summed E-state index contributed by atoms with van der Waals surface area (Å²) in [4.78, 5) is 15.0. The van der Waals surface area contributed by atoms with Crippen molar-refractivity contribution in [2.45, 2.75) is 62.3 Å². The third-order valence-electron chi connectivity index (χ3n) is 6.60. The Kier molecular flexibility index (Phi) is 4.48. The van der Waals surface area contributed by atoms with Crippen LogP contribution in [-0.4, -0.2) is 29.7 Å². The standard InChI is InChI=1S/C24H28N2O2/c27-22-24(15-16-24)28-23(18-26(22)21-9-5-2-6-10-21)13-11-20(12-14-23)25-17-19-7-3-1-4-8-19/h1-10,20,25H,11-18H2. The molecule has 2 aromatic rings. The number of carbonyl (C=O) groups excluding carboxylic acids is 1. The van der Waals surface area contributed by atoms with E-state index in [-0.39, 0.29) is 11.5 Å². The smallest absolute Gasteiger partial charge is 0.259 e. The molecule has 0 unspecified atom stereocenters. The Labute approximate surface area is 166 Å². The highest BCUT2D eigenvalue weighted by Gasteiger charge is 2.62. The molecule has 3 fully saturated rings. The van der Waals surface area contributed by atoms with Gasteiger partial charge in [-0.2, -0.15) is 0 Å². The number of amides is 1. The van der Waals surface area contributed by atoms with Crippen molar-refractivity contribution in [2.24, 2.45) is 0 Å². The average molecular weight is 377 g/mol. The van der Waals surface area contributed by atoms with Gasteiger partial charge >= 0.3 is 0 Å². The Balaban J connectivity index is 1.26. The highest BCUT2D eigenvalue weighted by Crippen LogP contribution is 2.51. The number of anilines is 1. The predicted molar refractivity (Wildman–Crippen MR) is 110 cm³/mol. The maximum Gasteiger partial charge on any atom is 0.259 e. The molecule has 4 nitrogen and oxygen atoms in total. The van der Waals surface area contributed by atoms with Gasteiger partial charge in [0.05, 0.1) is 12.1 Å². The molecule has 0 atom stereocenters. The van der Waals surface area contributed by atoms with E-state index in [9.17, 15) is 4.79 Å². The average Bonchev–Trinajstić information content (AvgIpc) is 3.52. The molecule has 0 radical (unpaired) electrons. The molecule has 1 aliphatic heterocycles. The van der Waals surface area contributed by atoms with Crippen molar-refractivity contribution in [3.8, 4) is 0 Å². The van der Waals surface area contributed by atoms with Gasteiger partial charge < -0.3 is 15.0 Å².